The predicted octanol–water partition coefficient (Wildman–Crippen LogP) is -1.62. The third kappa shape index (κ3) is 0.906. The number of nitrogens with one attached hydrogen (secondary N) is 2. The monoisotopic (exact) mass is 129 g/mol. The van der Waals surface area contributed by atoms with Gasteiger partial charge in [0.2, 0.25) is 5.91 Å². The molecule has 4 heteroatoms. The van der Waals surface area contributed by atoms with Crippen LogP contribution in [0.5, 0.6) is 0 Å². The Kier molecular flexibility index (Phi) is 1.42. The van der Waals surface area contributed by atoms with Crippen LogP contribution in [0.3, 0.4) is 0 Å². The summed E-state index contributed by atoms with van der Waals surface area (Å²) in [5, 5.41) is 5.58. The van der Waals surface area contributed by atoms with E-state index >= 15 is 0 Å². The molecule has 1 amide bonds. The van der Waals surface area contributed by atoms with Crippen molar-refractivity contribution in [1.82, 2.24) is 10.6 Å². The van der Waals surface area contributed by atoms with E-state index in [9.17, 15) is 4.79 Å². The second-order valence-corrected chi connectivity index (χ2v) is 2.40. The van der Waals surface area contributed by atoms with Crippen molar-refractivity contribution in [1.29, 1.82) is 0 Å². The Morgan fingerprint density at radius 2 is 2.56 bits per heavy atom. The number of rotatable bonds is 1. The third-order valence-corrected chi connectivity index (χ3v) is 1.64. The minimum Gasteiger partial charge on any atom is -0.342 e. The summed E-state index contributed by atoms with van der Waals surface area (Å²) in [4.78, 5) is 10.9. The molecule has 52 valence electrons. The van der Waals surface area contributed by atoms with Crippen LogP contribution in [0.15, 0.2) is 0 Å². The van der Waals surface area contributed by atoms with Gasteiger partial charge in [-0.05, 0) is 6.92 Å². The molecule has 0 spiro atoms. The molecule has 9 heavy (non-hydrogen) atoms. The molecule has 1 rings (SSSR count). The number of nitrogens with two attached hydrogens (primary N) is 1. The first kappa shape index (κ1) is 6.51. The largest absolute Gasteiger partial charge is 0.342 e. The van der Waals surface area contributed by atoms with E-state index in [1.807, 2.05) is 0 Å². The smallest absolute Gasteiger partial charge is 0.242 e. The average molecular weight is 129 g/mol. The Bertz CT molecular complexity index is 136. The fourth-order valence-corrected chi connectivity index (χ4v) is 0.760. The summed E-state index contributed by atoms with van der Waals surface area (Å²) in [7, 11) is 0. The summed E-state index contributed by atoms with van der Waals surface area (Å²) in [6.45, 7) is 2.67. The van der Waals surface area contributed by atoms with E-state index in [4.69, 9.17) is 5.73 Å². The zero-order valence-corrected chi connectivity index (χ0v) is 5.40. The molecule has 0 aromatic heterocycles. The van der Waals surface area contributed by atoms with Gasteiger partial charge in [-0.2, -0.15) is 0 Å². The Hall–Kier alpha value is -0.610. The summed E-state index contributed by atoms with van der Waals surface area (Å²) >= 11 is 0. The Morgan fingerprint density at radius 1 is 1.89 bits per heavy atom. The van der Waals surface area contributed by atoms with Crippen molar-refractivity contribution in [2.75, 3.05) is 13.2 Å². The molecule has 1 aliphatic rings. The highest BCUT2D eigenvalue weighted by atomic mass is 16.2. The lowest BCUT2D eigenvalue weighted by atomic mass is 10.0. The van der Waals surface area contributed by atoms with Crippen molar-refractivity contribution in [3.8, 4) is 0 Å². The van der Waals surface area contributed by atoms with Gasteiger partial charge in [0, 0.05) is 6.54 Å². The second-order valence-electron chi connectivity index (χ2n) is 2.40. The Labute approximate surface area is 53.8 Å². The maximum absolute atomic E-state index is 10.9. The van der Waals surface area contributed by atoms with E-state index in [1.54, 1.807) is 6.92 Å². The molecule has 0 aromatic carbocycles. The highest BCUT2D eigenvalue weighted by Crippen LogP contribution is 2.04. The fourth-order valence-electron chi connectivity index (χ4n) is 0.760. The van der Waals surface area contributed by atoms with Crippen LogP contribution in [0.4, 0.5) is 0 Å². The molecular weight excluding hydrogens is 118 g/mol. The lowest BCUT2D eigenvalue weighted by Gasteiger charge is -2.16. The molecule has 1 saturated heterocycles. The van der Waals surface area contributed by atoms with Gasteiger partial charge < -0.3 is 11.1 Å². The topological polar surface area (TPSA) is 67.2 Å². The first-order chi connectivity index (χ1) is 4.19. The Balaban J connectivity index is 2.67. The van der Waals surface area contributed by atoms with Crippen molar-refractivity contribution in [2.24, 2.45) is 5.73 Å². The molecule has 4 nitrogen and oxygen atoms in total. The van der Waals surface area contributed by atoms with Crippen LogP contribution >= 0.6 is 0 Å². The van der Waals surface area contributed by atoms with Crippen LogP contribution in [0, 0.1) is 0 Å². The summed E-state index contributed by atoms with van der Waals surface area (Å²) in [6, 6.07) is 0. The van der Waals surface area contributed by atoms with Gasteiger partial charge in [-0.3, -0.25) is 10.1 Å². The van der Waals surface area contributed by atoms with Crippen LogP contribution in [0.25, 0.3) is 0 Å². The van der Waals surface area contributed by atoms with Gasteiger partial charge in [-0.1, -0.05) is 0 Å². The number of hydrogen-bond acceptors (Lipinski definition) is 3. The maximum atomic E-state index is 10.9. The summed E-state index contributed by atoms with van der Waals surface area (Å²) in [6.07, 6.45) is 0. The molecule has 0 aromatic rings. The normalized spacial score (nSPS) is 34.7. The van der Waals surface area contributed by atoms with Gasteiger partial charge in [0.05, 0.1) is 6.67 Å². The quantitative estimate of drug-likeness (QED) is 0.398. The lowest BCUT2D eigenvalue weighted by Crippen LogP contribution is -2.49. The van der Waals surface area contributed by atoms with Crippen LogP contribution in [-0.4, -0.2) is 24.7 Å². The fraction of sp³-hybridized carbons (Fsp3) is 0.800. The molecule has 0 aliphatic carbocycles. The average Bonchev–Trinajstić information content (AvgIpc) is 2.15. The van der Waals surface area contributed by atoms with E-state index in [0.717, 1.165) is 0 Å². The van der Waals surface area contributed by atoms with Crippen molar-refractivity contribution in [3.63, 3.8) is 0 Å². The molecule has 0 saturated carbocycles. The minimum absolute atomic E-state index is 0.00926. The van der Waals surface area contributed by atoms with Gasteiger partial charge in [-0.15, -0.1) is 0 Å². The molecule has 1 aliphatic heterocycles. The highest BCUT2D eigenvalue weighted by molar-refractivity contribution is 5.87. The SMILES string of the molecule is CC1(CN)NCNC1=O. The molecule has 0 bridgehead atoms. The van der Waals surface area contributed by atoms with Gasteiger partial charge in [0.1, 0.15) is 5.54 Å². The lowest BCUT2D eigenvalue weighted by molar-refractivity contribution is -0.123. The second kappa shape index (κ2) is 1.97. The first-order valence-corrected chi connectivity index (χ1v) is 2.92. The number of amides is 1. The highest BCUT2D eigenvalue weighted by Gasteiger charge is 2.35. The first-order valence-electron chi connectivity index (χ1n) is 2.92. The zero-order valence-electron chi connectivity index (χ0n) is 5.40. The predicted molar refractivity (Wildman–Crippen MR) is 33.6 cm³/mol. The summed E-state index contributed by atoms with van der Waals surface area (Å²) in [5.41, 5.74) is 4.81. The van der Waals surface area contributed by atoms with E-state index in [2.05, 4.69) is 10.6 Å². The van der Waals surface area contributed by atoms with E-state index in [0.29, 0.717) is 13.2 Å². The van der Waals surface area contributed by atoms with Gasteiger partial charge >= 0.3 is 0 Å². The van der Waals surface area contributed by atoms with E-state index in [-0.39, 0.29) is 5.91 Å². The van der Waals surface area contributed by atoms with Crippen molar-refractivity contribution < 1.29 is 4.79 Å². The van der Waals surface area contributed by atoms with Crippen LogP contribution < -0.4 is 16.4 Å². The van der Waals surface area contributed by atoms with E-state index in [1.165, 1.54) is 0 Å². The molecule has 1 atom stereocenters. The van der Waals surface area contributed by atoms with Gasteiger partial charge in [0.25, 0.3) is 0 Å². The zero-order chi connectivity index (χ0) is 6.91. The summed E-state index contributed by atoms with van der Waals surface area (Å²) < 4.78 is 0. The van der Waals surface area contributed by atoms with Crippen LogP contribution in [-0.2, 0) is 4.79 Å². The molecule has 1 heterocycles. The minimum atomic E-state index is -0.528. The van der Waals surface area contributed by atoms with Gasteiger partial charge in [-0.25, -0.2) is 0 Å². The van der Waals surface area contributed by atoms with Crippen LogP contribution in [0.1, 0.15) is 6.92 Å². The summed E-state index contributed by atoms with van der Waals surface area (Å²) in [5.74, 6) is -0.00926. The molecule has 1 fully saturated rings. The standard InChI is InChI=1S/C5H11N3O/c1-5(2-6)4(9)7-3-8-5/h8H,2-3,6H2,1H3,(H,7,9). The number of hydrogen-bond donors (Lipinski definition) is 3. The molecule has 1 unspecified atom stereocenters. The van der Waals surface area contributed by atoms with E-state index < -0.39 is 5.54 Å². The third-order valence-electron chi connectivity index (χ3n) is 1.64. The number of carbonyl (C=O) groups excluding carboxylic acids is 1. The van der Waals surface area contributed by atoms with Gasteiger partial charge in [0.15, 0.2) is 0 Å². The van der Waals surface area contributed by atoms with Crippen molar-refractivity contribution >= 4 is 5.91 Å². The molecular formula is C5H11N3O. The maximum Gasteiger partial charge on any atom is 0.242 e. The van der Waals surface area contributed by atoms with Crippen molar-refractivity contribution in [3.05, 3.63) is 0 Å². The number of carbonyl (C=O) groups is 1. The van der Waals surface area contributed by atoms with Crippen molar-refractivity contribution in [2.45, 2.75) is 12.5 Å². The molecule has 0 radical (unpaired) electrons. The Morgan fingerprint density at radius 3 is 2.78 bits per heavy atom. The van der Waals surface area contributed by atoms with Crippen LogP contribution in [0.2, 0.25) is 0 Å². The molecule has 4 N–H and O–H groups in total.